The molecule has 1 amide bonds. The lowest BCUT2D eigenvalue weighted by Crippen LogP contribution is -2.54. The fourth-order valence-electron chi connectivity index (χ4n) is 0.634. The van der Waals surface area contributed by atoms with Crippen LogP contribution < -0.4 is 5.32 Å². The van der Waals surface area contributed by atoms with E-state index in [1.165, 1.54) is 0 Å². The Morgan fingerprint density at radius 2 is 1.71 bits per heavy atom. The second kappa shape index (κ2) is 4.47. The Morgan fingerprint density at radius 1 is 1.29 bits per heavy atom. The van der Waals surface area contributed by atoms with Crippen molar-refractivity contribution in [1.29, 1.82) is 0 Å². The monoisotopic (exact) mass is 243 g/mol. The van der Waals surface area contributed by atoms with E-state index in [2.05, 4.69) is 0 Å². The number of rotatable bonds is 4. The van der Waals surface area contributed by atoms with Crippen LogP contribution in [0, 0.1) is 0 Å². The smallest absolute Gasteiger partial charge is 0.343 e. The first kappa shape index (κ1) is 13.0. The third kappa shape index (κ3) is 3.04. The van der Waals surface area contributed by atoms with Crippen LogP contribution in [0.3, 0.4) is 0 Å². The minimum absolute atomic E-state index is 0.746. The van der Waals surface area contributed by atoms with Gasteiger partial charge in [-0.15, -0.1) is 0 Å². The highest BCUT2D eigenvalue weighted by Gasteiger charge is 2.47. The molecule has 0 aromatic heterocycles. The second-order valence-electron chi connectivity index (χ2n) is 2.40. The number of carbonyl (C=O) groups is 3. The van der Waals surface area contributed by atoms with Crippen LogP contribution in [0.2, 0.25) is 0 Å². The maximum Gasteiger partial charge on any atom is 0.343 e. The predicted octanol–water partition coefficient (Wildman–Crippen LogP) is -0.166. The molecule has 0 aliphatic heterocycles. The van der Waals surface area contributed by atoms with Crippen LogP contribution in [-0.4, -0.2) is 38.4 Å². The summed E-state index contributed by atoms with van der Waals surface area (Å²) in [6, 6.07) is -1.90. The van der Waals surface area contributed by atoms with Crippen molar-refractivity contribution in [3.05, 3.63) is 0 Å². The molecule has 0 aromatic carbocycles. The number of carboxylic acid groups (broad SMARTS) is 2. The molecular weight excluding hydrogens is 237 g/mol. The number of amides is 1. The number of alkyl halides is 2. The van der Waals surface area contributed by atoms with Crippen LogP contribution in [0.1, 0.15) is 6.92 Å². The van der Waals surface area contributed by atoms with E-state index in [9.17, 15) is 14.4 Å². The molecule has 8 heteroatoms. The zero-order valence-corrected chi connectivity index (χ0v) is 8.46. The lowest BCUT2D eigenvalue weighted by atomic mass is 10.2. The van der Waals surface area contributed by atoms with E-state index in [4.69, 9.17) is 33.4 Å². The van der Waals surface area contributed by atoms with Gasteiger partial charge in [-0.1, -0.05) is 23.2 Å². The second-order valence-corrected chi connectivity index (χ2v) is 3.79. The number of carboxylic acids is 2. The molecule has 80 valence electrons. The van der Waals surface area contributed by atoms with E-state index >= 15 is 0 Å². The Morgan fingerprint density at radius 3 is 1.93 bits per heavy atom. The maximum atomic E-state index is 10.5. The molecule has 0 saturated heterocycles. The molecule has 1 atom stereocenters. The summed E-state index contributed by atoms with van der Waals surface area (Å²) in [5.41, 5.74) is 0. The van der Waals surface area contributed by atoms with Gasteiger partial charge in [-0.05, 0) is 0 Å². The largest absolute Gasteiger partial charge is 0.480 e. The summed E-state index contributed by atoms with van der Waals surface area (Å²) in [5, 5.41) is 18.9. The first-order valence-electron chi connectivity index (χ1n) is 3.30. The minimum Gasteiger partial charge on any atom is -0.480 e. The fourth-order valence-corrected chi connectivity index (χ4v) is 0.930. The molecule has 0 bridgehead atoms. The number of hydrogen-bond acceptors (Lipinski definition) is 3. The fraction of sp³-hybridized carbons (Fsp3) is 0.500. The van der Waals surface area contributed by atoms with Crippen LogP contribution in [-0.2, 0) is 14.4 Å². The van der Waals surface area contributed by atoms with Gasteiger partial charge in [0.25, 0.3) is 0 Å². The van der Waals surface area contributed by atoms with E-state index in [0.29, 0.717) is 0 Å². The minimum atomic E-state index is -2.60. The first-order valence-corrected chi connectivity index (χ1v) is 4.06. The van der Waals surface area contributed by atoms with Crippen molar-refractivity contribution in [3.8, 4) is 0 Å². The van der Waals surface area contributed by atoms with Gasteiger partial charge in [0.1, 0.15) is 0 Å². The lowest BCUT2D eigenvalue weighted by molar-refractivity contribution is -0.147. The van der Waals surface area contributed by atoms with Gasteiger partial charge in [-0.2, -0.15) is 0 Å². The van der Waals surface area contributed by atoms with Crippen molar-refractivity contribution in [3.63, 3.8) is 0 Å². The van der Waals surface area contributed by atoms with Crippen LogP contribution in [0.5, 0.6) is 0 Å². The summed E-state index contributed by atoms with van der Waals surface area (Å²) >= 11 is 10.5. The Bertz CT molecular complexity index is 277. The van der Waals surface area contributed by atoms with Crippen molar-refractivity contribution in [2.75, 3.05) is 0 Å². The zero-order chi connectivity index (χ0) is 11.5. The Kier molecular flexibility index (Phi) is 4.15. The van der Waals surface area contributed by atoms with Gasteiger partial charge in [0.2, 0.25) is 10.2 Å². The summed E-state index contributed by atoms with van der Waals surface area (Å²) in [5.74, 6) is -4.13. The normalized spacial score (nSPS) is 13.1. The van der Waals surface area contributed by atoms with Gasteiger partial charge >= 0.3 is 11.9 Å². The molecule has 0 spiro atoms. The van der Waals surface area contributed by atoms with Crippen LogP contribution in [0.15, 0.2) is 0 Å². The molecule has 14 heavy (non-hydrogen) atoms. The van der Waals surface area contributed by atoms with E-state index in [1.54, 1.807) is 0 Å². The number of carbonyl (C=O) groups excluding carboxylic acids is 1. The van der Waals surface area contributed by atoms with Crippen molar-refractivity contribution >= 4 is 41.0 Å². The number of nitrogens with one attached hydrogen (secondary N) is 1. The zero-order valence-electron chi connectivity index (χ0n) is 6.95. The summed E-state index contributed by atoms with van der Waals surface area (Å²) < 4.78 is -2.60. The molecule has 0 aliphatic carbocycles. The Hall–Kier alpha value is -1.01. The summed E-state index contributed by atoms with van der Waals surface area (Å²) in [7, 11) is 0. The topological polar surface area (TPSA) is 104 Å². The highest BCUT2D eigenvalue weighted by atomic mass is 35.5. The molecule has 0 fully saturated rings. The van der Waals surface area contributed by atoms with E-state index in [1.807, 2.05) is 5.32 Å². The van der Waals surface area contributed by atoms with Gasteiger partial charge in [-0.25, -0.2) is 9.59 Å². The molecule has 0 aliphatic rings. The van der Waals surface area contributed by atoms with Crippen molar-refractivity contribution < 1.29 is 24.6 Å². The van der Waals surface area contributed by atoms with E-state index < -0.39 is 28.2 Å². The molecule has 0 radical (unpaired) electrons. The van der Waals surface area contributed by atoms with Crippen molar-refractivity contribution in [2.45, 2.75) is 17.3 Å². The molecule has 0 rings (SSSR count). The maximum absolute atomic E-state index is 10.5. The average molecular weight is 244 g/mol. The van der Waals surface area contributed by atoms with E-state index in [0.717, 1.165) is 6.92 Å². The van der Waals surface area contributed by atoms with E-state index in [-0.39, 0.29) is 0 Å². The molecule has 6 nitrogen and oxygen atoms in total. The van der Waals surface area contributed by atoms with Gasteiger partial charge in [0.05, 0.1) is 0 Å². The standard InChI is InChI=1S/C6H7Cl2NO5/c1-2(10)9-3(4(11)12)6(7,8)5(13)14/h3H,1H3,(H,9,10)(H,11,12)(H,13,14). The van der Waals surface area contributed by atoms with Crippen molar-refractivity contribution in [1.82, 2.24) is 5.32 Å². The third-order valence-corrected chi connectivity index (χ3v) is 2.00. The molecular formula is C6H7Cl2NO5. The Balaban J connectivity index is 4.91. The molecule has 0 saturated carbocycles. The summed E-state index contributed by atoms with van der Waals surface area (Å²) in [6.45, 7) is 1.02. The predicted molar refractivity (Wildman–Crippen MR) is 47.3 cm³/mol. The Labute approximate surface area is 88.8 Å². The number of halogens is 2. The average Bonchev–Trinajstić information content (AvgIpc) is 1.98. The summed E-state index contributed by atoms with van der Waals surface area (Å²) in [6.07, 6.45) is 0. The SMILES string of the molecule is CC(=O)NC(C(=O)O)C(Cl)(Cl)C(=O)O. The molecule has 0 heterocycles. The molecule has 1 unspecified atom stereocenters. The van der Waals surface area contributed by atoms with Gasteiger partial charge in [-0.3, -0.25) is 4.79 Å². The molecule has 0 aromatic rings. The quantitative estimate of drug-likeness (QED) is 0.596. The number of aliphatic carboxylic acids is 2. The van der Waals surface area contributed by atoms with Crippen LogP contribution in [0.4, 0.5) is 0 Å². The first-order chi connectivity index (χ1) is 6.19. The molecule has 3 N–H and O–H groups in total. The highest BCUT2D eigenvalue weighted by molar-refractivity contribution is 6.59. The summed E-state index contributed by atoms with van der Waals surface area (Å²) in [4.78, 5) is 31.6. The third-order valence-electron chi connectivity index (χ3n) is 1.24. The lowest BCUT2D eigenvalue weighted by Gasteiger charge is -2.22. The van der Waals surface area contributed by atoms with Gasteiger partial charge in [0, 0.05) is 6.92 Å². The van der Waals surface area contributed by atoms with Crippen LogP contribution >= 0.6 is 23.2 Å². The van der Waals surface area contributed by atoms with Gasteiger partial charge < -0.3 is 15.5 Å². The van der Waals surface area contributed by atoms with Crippen LogP contribution in [0.25, 0.3) is 0 Å². The number of hydrogen-bond donors (Lipinski definition) is 3. The van der Waals surface area contributed by atoms with Gasteiger partial charge in [0.15, 0.2) is 6.04 Å². The van der Waals surface area contributed by atoms with Crippen molar-refractivity contribution in [2.24, 2.45) is 0 Å². The highest BCUT2D eigenvalue weighted by Crippen LogP contribution is 2.26.